The summed E-state index contributed by atoms with van der Waals surface area (Å²) >= 11 is 3.28. The molecular formula is C15H14BrNO2S. The lowest BCUT2D eigenvalue weighted by molar-refractivity contribution is 0.601. The molecule has 0 aliphatic heterocycles. The molecule has 0 spiro atoms. The summed E-state index contributed by atoms with van der Waals surface area (Å²) in [5, 5.41) is 0. The molecule has 0 heterocycles. The highest BCUT2D eigenvalue weighted by molar-refractivity contribution is 9.10. The normalized spacial score (nSPS) is 14.1. The Hall–Kier alpha value is -1.33. The van der Waals surface area contributed by atoms with Crippen LogP contribution < -0.4 is 4.72 Å². The van der Waals surface area contributed by atoms with Crippen LogP contribution in [0.15, 0.2) is 51.8 Å². The van der Waals surface area contributed by atoms with Crippen LogP contribution in [0, 0.1) is 0 Å². The number of rotatable bonds is 3. The average molecular weight is 352 g/mol. The Kier molecular flexibility index (Phi) is 3.56. The minimum Gasteiger partial charge on any atom is -0.280 e. The maximum Gasteiger partial charge on any atom is 0.263 e. The fraction of sp³-hybridized carbons (Fsp3) is 0.200. The smallest absolute Gasteiger partial charge is 0.263 e. The molecule has 1 aliphatic carbocycles. The maximum atomic E-state index is 12.4. The van der Waals surface area contributed by atoms with Crippen molar-refractivity contribution in [3.8, 4) is 0 Å². The van der Waals surface area contributed by atoms with Crippen LogP contribution in [0.2, 0.25) is 0 Å². The van der Waals surface area contributed by atoms with E-state index < -0.39 is 10.0 Å². The standard InChI is InChI=1S/C15H14BrNO2S/c16-14-6-1-2-7-15(14)20(18,19)17-13-9-8-11-4-3-5-12(11)10-13/h1-2,6-10,17H,3-5H2. The van der Waals surface area contributed by atoms with Crippen molar-refractivity contribution in [1.82, 2.24) is 0 Å². The van der Waals surface area contributed by atoms with E-state index in [-0.39, 0.29) is 4.90 Å². The second kappa shape index (κ2) is 5.22. The summed E-state index contributed by atoms with van der Waals surface area (Å²) in [6.45, 7) is 0. The molecule has 2 aromatic carbocycles. The third-order valence-corrected chi connectivity index (χ3v) is 5.87. The second-order valence-corrected chi connectivity index (χ2v) is 7.38. The van der Waals surface area contributed by atoms with E-state index in [1.807, 2.05) is 18.2 Å². The third kappa shape index (κ3) is 2.60. The van der Waals surface area contributed by atoms with Crippen molar-refractivity contribution in [2.45, 2.75) is 24.2 Å². The minimum absolute atomic E-state index is 0.250. The summed E-state index contributed by atoms with van der Waals surface area (Å²) in [6.07, 6.45) is 3.27. The van der Waals surface area contributed by atoms with E-state index in [0.717, 1.165) is 19.3 Å². The van der Waals surface area contributed by atoms with Crippen LogP contribution in [-0.2, 0) is 22.9 Å². The van der Waals surface area contributed by atoms with Gasteiger partial charge in [-0.3, -0.25) is 4.72 Å². The molecule has 0 aromatic heterocycles. The number of sulfonamides is 1. The Morgan fingerprint density at radius 3 is 2.55 bits per heavy atom. The number of anilines is 1. The molecule has 0 bridgehead atoms. The van der Waals surface area contributed by atoms with Crippen LogP contribution in [0.5, 0.6) is 0 Å². The summed E-state index contributed by atoms with van der Waals surface area (Å²) < 4.78 is 28.0. The number of aryl methyl sites for hydroxylation is 2. The van der Waals surface area contributed by atoms with E-state index >= 15 is 0 Å². The molecule has 3 nitrogen and oxygen atoms in total. The van der Waals surface area contributed by atoms with Gasteiger partial charge in [-0.2, -0.15) is 0 Å². The van der Waals surface area contributed by atoms with Gasteiger partial charge in [0.15, 0.2) is 0 Å². The number of hydrogen-bond acceptors (Lipinski definition) is 2. The van der Waals surface area contributed by atoms with Gasteiger partial charge in [0.2, 0.25) is 0 Å². The first-order valence-corrected chi connectivity index (χ1v) is 8.73. The van der Waals surface area contributed by atoms with Crippen molar-refractivity contribution in [2.24, 2.45) is 0 Å². The van der Waals surface area contributed by atoms with Crippen molar-refractivity contribution in [3.63, 3.8) is 0 Å². The van der Waals surface area contributed by atoms with Crippen molar-refractivity contribution in [1.29, 1.82) is 0 Å². The monoisotopic (exact) mass is 351 g/mol. The van der Waals surface area contributed by atoms with Gasteiger partial charge < -0.3 is 0 Å². The average Bonchev–Trinajstić information content (AvgIpc) is 2.86. The fourth-order valence-corrected chi connectivity index (χ4v) is 4.56. The summed E-state index contributed by atoms with van der Waals surface area (Å²) in [6, 6.07) is 12.6. The topological polar surface area (TPSA) is 46.2 Å². The van der Waals surface area contributed by atoms with Crippen LogP contribution in [-0.4, -0.2) is 8.42 Å². The van der Waals surface area contributed by atoms with Crippen molar-refractivity contribution in [3.05, 3.63) is 58.1 Å². The summed E-state index contributed by atoms with van der Waals surface area (Å²) in [7, 11) is -3.56. The van der Waals surface area contributed by atoms with Crippen LogP contribution in [0.25, 0.3) is 0 Å². The fourth-order valence-electron chi connectivity index (χ4n) is 2.51. The first kappa shape index (κ1) is 13.6. The van der Waals surface area contributed by atoms with Gasteiger partial charge in [0.25, 0.3) is 10.0 Å². The molecule has 3 rings (SSSR count). The molecule has 0 saturated carbocycles. The lowest BCUT2D eigenvalue weighted by atomic mass is 10.1. The zero-order valence-electron chi connectivity index (χ0n) is 10.8. The first-order valence-electron chi connectivity index (χ1n) is 6.45. The predicted molar refractivity (Wildman–Crippen MR) is 83.4 cm³/mol. The molecule has 0 fully saturated rings. The Morgan fingerprint density at radius 1 is 1.00 bits per heavy atom. The zero-order valence-corrected chi connectivity index (χ0v) is 13.2. The van der Waals surface area contributed by atoms with Gasteiger partial charge in [-0.25, -0.2) is 8.42 Å². The molecule has 1 aliphatic rings. The molecule has 0 radical (unpaired) electrons. The highest BCUT2D eigenvalue weighted by Crippen LogP contribution is 2.27. The predicted octanol–water partition coefficient (Wildman–Crippen LogP) is 3.74. The first-order chi connectivity index (χ1) is 9.56. The molecule has 2 aromatic rings. The van der Waals surface area contributed by atoms with Crippen LogP contribution in [0.4, 0.5) is 5.69 Å². The largest absolute Gasteiger partial charge is 0.280 e. The van der Waals surface area contributed by atoms with Crippen molar-refractivity contribution < 1.29 is 8.42 Å². The Morgan fingerprint density at radius 2 is 1.75 bits per heavy atom. The molecule has 0 saturated heterocycles. The number of benzene rings is 2. The van der Waals surface area contributed by atoms with Gasteiger partial charge >= 0.3 is 0 Å². The quantitative estimate of drug-likeness (QED) is 0.915. The Balaban J connectivity index is 1.93. The summed E-state index contributed by atoms with van der Waals surface area (Å²) in [5.41, 5.74) is 3.20. The van der Waals surface area contributed by atoms with Gasteiger partial charge in [-0.1, -0.05) is 18.2 Å². The van der Waals surface area contributed by atoms with E-state index in [1.54, 1.807) is 24.3 Å². The van der Waals surface area contributed by atoms with Gasteiger partial charge in [-0.05, 0) is 70.6 Å². The summed E-state index contributed by atoms with van der Waals surface area (Å²) in [5.74, 6) is 0. The van der Waals surface area contributed by atoms with Crippen LogP contribution in [0.1, 0.15) is 17.5 Å². The maximum absolute atomic E-state index is 12.4. The van der Waals surface area contributed by atoms with E-state index in [9.17, 15) is 8.42 Å². The number of fused-ring (bicyclic) bond motifs is 1. The number of nitrogens with one attached hydrogen (secondary N) is 1. The molecule has 0 atom stereocenters. The van der Waals surface area contributed by atoms with Gasteiger partial charge in [-0.15, -0.1) is 0 Å². The van der Waals surface area contributed by atoms with E-state index in [0.29, 0.717) is 10.2 Å². The molecule has 20 heavy (non-hydrogen) atoms. The van der Waals surface area contributed by atoms with E-state index in [4.69, 9.17) is 0 Å². The molecule has 104 valence electrons. The van der Waals surface area contributed by atoms with E-state index in [2.05, 4.69) is 20.7 Å². The van der Waals surface area contributed by atoms with Crippen molar-refractivity contribution in [2.75, 3.05) is 4.72 Å². The molecule has 0 unspecified atom stereocenters. The van der Waals surface area contributed by atoms with Crippen LogP contribution in [0.3, 0.4) is 0 Å². The third-order valence-electron chi connectivity index (χ3n) is 3.48. The molecule has 0 amide bonds. The minimum atomic E-state index is -3.56. The van der Waals surface area contributed by atoms with Crippen LogP contribution >= 0.6 is 15.9 Å². The lowest BCUT2D eigenvalue weighted by Crippen LogP contribution is -2.13. The van der Waals surface area contributed by atoms with Gasteiger partial charge in [0.1, 0.15) is 4.90 Å². The Bertz CT molecular complexity index is 756. The van der Waals surface area contributed by atoms with Crippen molar-refractivity contribution >= 4 is 31.6 Å². The van der Waals surface area contributed by atoms with Gasteiger partial charge in [0.05, 0.1) is 0 Å². The van der Waals surface area contributed by atoms with E-state index in [1.165, 1.54) is 11.1 Å². The molecule has 1 N–H and O–H groups in total. The number of halogens is 1. The highest BCUT2D eigenvalue weighted by atomic mass is 79.9. The molecule has 5 heteroatoms. The lowest BCUT2D eigenvalue weighted by Gasteiger charge is -2.10. The zero-order chi connectivity index (χ0) is 14.2. The second-order valence-electron chi connectivity index (χ2n) is 4.87. The SMILES string of the molecule is O=S(=O)(Nc1ccc2c(c1)CCC2)c1ccccc1Br. The Labute approximate surface area is 127 Å². The van der Waals surface area contributed by atoms with Gasteiger partial charge in [0, 0.05) is 10.2 Å². The summed E-state index contributed by atoms with van der Waals surface area (Å²) in [4.78, 5) is 0.250. The number of hydrogen-bond donors (Lipinski definition) is 1. The highest BCUT2D eigenvalue weighted by Gasteiger charge is 2.18. The molecular weight excluding hydrogens is 338 g/mol.